The second-order valence-corrected chi connectivity index (χ2v) is 9.60. The van der Waals surface area contributed by atoms with Crippen LogP contribution in [0.3, 0.4) is 0 Å². The molecule has 0 fully saturated rings. The van der Waals surface area contributed by atoms with Crippen LogP contribution in [-0.4, -0.2) is 14.1 Å². The molecule has 0 amide bonds. The van der Waals surface area contributed by atoms with Gasteiger partial charge in [-0.15, -0.1) is 0 Å². The minimum Gasteiger partial charge on any atom is -0.309 e. The highest BCUT2D eigenvalue weighted by Crippen LogP contribution is 2.42. The lowest BCUT2D eigenvalue weighted by Crippen LogP contribution is -1.97. The van der Waals surface area contributed by atoms with Crippen molar-refractivity contribution < 1.29 is 0 Å². The van der Waals surface area contributed by atoms with Crippen LogP contribution >= 0.6 is 0 Å². The minimum absolute atomic E-state index is 0.928. The van der Waals surface area contributed by atoms with E-state index in [4.69, 9.17) is 0 Å². The molecule has 0 N–H and O–H groups in total. The van der Waals surface area contributed by atoms with Crippen molar-refractivity contribution in [3.63, 3.8) is 0 Å². The van der Waals surface area contributed by atoms with Crippen LogP contribution in [0.25, 0.3) is 67.1 Å². The largest absolute Gasteiger partial charge is 0.309 e. The predicted octanol–water partition coefficient (Wildman–Crippen LogP) is 8.71. The van der Waals surface area contributed by atoms with E-state index in [-0.39, 0.29) is 0 Å². The molecule has 0 saturated heterocycles. The van der Waals surface area contributed by atoms with E-state index in [0.29, 0.717) is 0 Å². The van der Waals surface area contributed by atoms with Crippen LogP contribution in [0.5, 0.6) is 0 Å². The van der Waals surface area contributed by atoms with Crippen molar-refractivity contribution in [2.75, 3.05) is 0 Å². The first-order valence-electron chi connectivity index (χ1n) is 12.7. The molecule has 0 atom stereocenters. The molecule has 0 aliphatic heterocycles. The summed E-state index contributed by atoms with van der Waals surface area (Å²) in [6, 6.07) is 34.7. The highest BCUT2D eigenvalue weighted by Gasteiger charge is 2.22. The Morgan fingerprint density at radius 2 is 1.41 bits per heavy atom. The minimum atomic E-state index is 0.928. The summed E-state index contributed by atoms with van der Waals surface area (Å²) >= 11 is 0. The van der Waals surface area contributed by atoms with Gasteiger partial charge in [-0.2, -0.15) is 0 Å². The Bertz CT molecular complexity index is 2050. The summed E-state index contributed by atoms with van der Waals surface area (Å²) in [5.41, 5.74) is 9.44. The summed E-state index contributed by atoms with van der Waals surface area (Å²) in [7, 11) is 0. The third-order valence-corrected chi connectivity index (χ3v) is 7.54. The summed E-state index contributed by atoms with van der Waals surface area (Å²) in [6.07, 6.45) is 11.9. The molecule has 0 saturated carbocycles. The summed E-state index contributed by atoms with van der Waals surface area (Å²) in [5, 5.41) is 5.01. The van der Waals surface area contributed by atoms with E-state index in [0.717, 1.165) is 23.0 Å². The van der Waals surface area contributed by atoms with Gasteiger partial charge in [0, 0.05) is 44.7 Å². The Balaban J connectivity index is 1.56. The maximum absolute atomic E-state index is 4.64. The number of aromatic nitrogens is 3. The predicted molar refractivity (Wildman–Crippen MR) is 156 cm³/mol. The Labute approximate surface area is 214 Å². The van der Waals surface area contributed by atoms with Crippen molar-refractivity contribution in [1.29, 1.82) is 0 Å². The molecule has 0 bridgehead atoms. The van der Waals surface area contributed by atoms with Crippen LogP contribution in [0.2, 0.25) is 0 Å². The SMILES string of the molecule is C1=Cc2c(n(-c3ccc4cccnc4c3)c3ccc4c(c5ccccc5n4-c4ccccc4)c23)C=CC1. The lowest BCUT2D eigenvalue weighted by Gasteiger charge is -2.11. The van der Waals surface area contributed by atoms with E-state index in [1.807, 2.05) is 12.3 Å². The van der Waals surface area contributed by atoms with Crippen LogP contribution in [0.1, 0.15) is 17.7 Å². The van der Waals surface area contributed by atoms with Gasteiger partial charge < -0.3 is 9.13 Å². The zero-order valence-corrected chi connectivity index (χ0v) is 20.2. The first-order valence-corrected chi connectivity index (χ1v) is 12.7. The molecule has 0 unspecified atom stereocenters. The van der Waals surface area contributed by atoms with Crippen molar-refractivity contribution in [2.45, 2.75) is 6.42 Å². The van der Waals surface area contributed by atoms with E-state index in [2.05, 4.69) is 129 Å². The molecule has 174 valence electrons. The zero-order valence-electron chi connectivity index (χ0n) is 20.2. The maximum atomic E-state index is 4.64. The molecule has 4 aromatic carbocycles. The van der Waals surface area contributed by atoms with Gasteiger partial charge in [0.15, 0.2) is 0 Å². The van der Waals surface area contributed by atoms with Crippen molar-refractivity contribution in [2.24, 2.45) is 0 Å². The van der Waals surface area contributed by atoms with Crippen LogP contribution in [0.15, 0.2) is 115 Å². The number of hydrogen-bond acceptors (Lipinski definition) is 1. The number of pyridine rings is 1. The molecule has 1 aliphatic rings. The Morgan fingerprint density at radius 1 is 0.595 bits per heavy atom. The maximum Gasteiger partial charge on any atom is 0.0722 e. The Hall–Kier alpha value is -4.89. The number of benzene rings is 4. The summed E-state index contributed by atoms with van der Waals surface area (Å²) in [6.45, 7) is 0. The summed E-state index contributed by atoms with van der Waals surface area (Å²) in [5.74, 6) is 0. The van der Waals surface area contributed by atoms with Gasteiger partial charge in [0.25, 0.3) is 0 Å². The van der Waals surface area contributed by atoms with Crippen molar-refractivity contribution in [1.82, 2.24) is 14.1 Å². The first-order chi connectivity index (χ1) is 18.4. The molecular weight excluding hydrogens is 450 g/mol. The third-order valence-electron chi connectivity index (χ3n) is 7.54. The van der Waals surface area contributed by atoms with Crippen LogP contribution in [0, 0.1) is 0 Å². The monoisotopic (exact) mass is 473 g/mol. The molecule has 3 aromatic heterocycles. The molecule has 3 nitrogen and oxygen atoms in total. The van der Waals surface area contributed by atoms with E-state index in [9.17, 15) is 0 Å². The van der Waals surface area contributed by atoms with Crippen molar-refractivity contribution in [3.05, 3.63) is 127 Å². The highest BCUT2D eigenvalue weighted by molar-refractivity contribution is 6.24. The normalized spacial score (nSPS) is 13.1. The van der Waals surface area contributed by atoms with Gasteiger partial charge in [-0.3, -0.25) is 4.98 Å². The van der Waals surface area contributed by atoms with Crippen molar-refractivity contribution >= 4 is 55.8 Å². The van der Waals surface area contributed by atoms with E-state index in [1.165, 1.54) is 49.7 Å². The quantitative estimate of drug-likeness (QED) is 0.246. The molecule has 0 spiro atoms. The van der Waals surface area contributed by atoms with E-state index < -0.39 is 0 Å². The van der Waals surface area contributed by atoms with Crippen LogP contribution < -0.4 is 0 Å². The summed E-state index contributed by atoms with van der Waals surface area (Å²) < 4.78 is 4.79. The van der Waals surface area contributed by atoms with Gasteiger partial charge in [0.2, 0.25) is 0 Å². The number of rotatable bonds is 2. The fourth-order valence-corrected chi connectivity index (χ4v) is 5.99. The first kappa shape index (κ1) is 20.3. The number of para-hydroxylation sites is 2. The molecule has 3 heterocycles. The number of allylic oxidation sites excluding steroid dienone is 2. The average Bonchev–Trinajstić information content (AvgIpc) is 3.34. The second-order valence-electron chi connectivity index (χ2n) is 9.60. The Morgan fingerprint density at radius 3 is 2.32 bits per heavy atom. The molecule has 1 aliphatic carbocycles. The zero-order chi connectivity index (χ0) is 24.3. The van der Waals surface area contributed by atoms with Crippen LogP contribution in [-0.2, 0) is 0 Å². The molecule has 7 aromatic rings. The van der Waals surface area contributed by atoms with Crippen molar-refractivity contribution in [3.8, 4) is 11.4 Å². The Kier molecular flexibility index (Phi) is 4.29. The van der Waals surface area contributed by atoms with Gasteiger partial charge >= 0.3 is 0 Å². The van der Waals surface area contributed by atoms with E-state index in [1.54, 1.807) is 0 Å². The number of hydrogen-bond donors (Lipinski definition) is 0. The van der Waals surface area contributed by atoms with Crippen LogP contribution in [0.4, 0.5) is 0 Å². The number of fused-ring (bicyclic) bond motifs is 8. The van der Waals surface area contributed by atoms with Gasteiger partial charge in [-0.1, -0.05) is 66.8 Å². The lowest BCUT2D eigenvalue weighted by atomic mass is 10.0. The highest BCUT2D eigenvalue weighted by atomic mass is 15.0. The lowest BCUT2D eigenvalue weighted by molar-refractivity contribution is 1.11. The van der Waals surface area contributed by atoms with E-state index >= 15 is 0 Å². The topological polar surface area (TPSA) is 22.8 Å². The molecule has 37 heavy (non-hydrogen) atoms. The molecule has 0 radical (unpaired) electrons. The molecular formula is C34H23N3. The molecule has 8 rings (SSSR count). The second kappa shape index (κ2) is 7.81. The average molecular weight is 474 g/mol. The fourth-order valence-electron chi connectivity index (χ4n) is 5.99. The third kappa shape index (κ3) is 2.91. The van der Waals surface area contributed by atoms with Gasteiger partial charge in [0.1, 0.15) is 0 Å². The van der Waals surface area contributed by atoms with Gasteiger partial charge in [0.05, 0.1) is 27.8 Å². The van der Waals surface area contributed by atoms with Gasteiger partial charge in [-0.05, 0) is 61.0 Å². The molecule has 3 heteroatoms. The number of nitrogens with zero attached hydrogens (tertiary/aromatic N) is 3. The summed E-state index contributed by atoms with van der Waals surface area (Å²) in [4.78, 5) is 4.64. The smallest absolute Gasteiger partial charge is 0.0722 e. The van der Waals surface area contributed by atoms with Gasteiger partial charge in [-0.25, -0.2) is 0 Å². The fraction of sp³-hybridized carbons (Fsp3) is 0.0294. The standard InChI is InChI=1S/C34H23N3/c1-3-11-24(12-4-1)36-29-16-8-7-14-27(29)33-31(36)19-20-32-34(33)26-13-5-2-6-15-30(26)37(32)25-18-17-23-10-9-21-35-28(23)22-25/h1,3-22H,2H2.